The van der Waals surface area contributed by atoms with Crippen LogP contribution in [0.2, 0.25) is 0 Å². The lowest BCUT2D eigenvalue weighted by atomic mass is 9.95. The molecule has 126 valence electrons. The van der Waals surface area contributed by atoms with Crippen LogP contribution in [-0.4, -0.2) is 0 Å². The second-order valence-corrected chi connectivity index (χ2v) is 7.28. The molecule has 0 aromatic heterocycles. The molecule has 0 atom stereocenters. The second kappa shape index (κ2) is 5.85. The summed E-state index contributed by atoms with van der Waals surface area (Å²) in [6.45, 7) is 4.45. The van der Waals surface area contributed by atoms with Gasteiger partial charge in [-0.25, -0.2) is 0 Å². The largest absolute Gasteiger partial charge is 0.0614 e. The number of rotatable bonds is 2. The smallest absolute Gasteiger partial charge is 0.0146 e. The van der Waals surface area contributed by atoms with Crippen LogP contribution in [0.5, 0.6) is 0 Å². The van der Waals surface area contributed by atoms with E-state index < -0.39 is 0 Å². The van der Waals surface area contributed by atoms with E-state index >= 15 is 0 Å². The van der Waals surface area contributed by atoms with Crippen molar-refractivity contribution < 1.29 is 0 Å². The van der Waals surface area contributed by atoms with Gasteiger partial charge in [0.15, 0.2) is 0 Å². The molecule has 0 saturated carbocycles. The monoisotopic (exact) mass is 334 g/mol. The number of fused-ring (bicyclic) bond motifs is 4. The maximum atomic E-state index is 2.37. The van der Waals surface area contributed by atoms with E-state index in [-0.39, 0.29) is 0 Å². The highest BCUT2D eigenvalue weighted by Gasteiger charge is 2.05. The number of benzene rings is 5. The van der Waals surface area contributed by atoms with Gasteiger partial charge in [-0.15, -0.1) is 0 Å². The molecule has 0 aliphatic heterocycles. The zero-order valence-corrected chi connectivity index (χ0v) is 15.3. The van der Waals surface area contributed by atoms with Crippen molar-refractivity contribution in [3.63, 3.8) is 0 Å². The highest BCUT2D eigenvalue weighted by atomic mass is 14.1. The Balaban J connectivity index is 1.83. The zero-order chi connectivity index (χ0) is 17.7. The fraction of sp³-hybridized carbons (Fsp3) is 0.154. The lowest BCUT2D eigenvalue weighted by molar-refractivity contribution is 1.15. The lowest BCUT2D eigenvalue weighted by Gasteiger charge is -2.09. The van der Waals surface area contributed by atoms with Crippen LogP contribution in [0.4, 0.5) is 0 Å². The Hall–Kier alpha value is -2.86. The lowest BCUT2D eigenvalue weighted by Crippen LogP contribution is -1.85. The first-order valence-electron chi connectivity index (χ1n) is 9.57. The molecule has 0 aliphatic rings. The second-order valence-electron chi connectivity index (χ2n) is 7.28. The Morgan fingerprint density at radius 3 is 1.81 bits per heavy atom. The third-order valence-corrected chi connectivity index (χ3v) is 5.69. The van der Waals surface area contributed by atoms with Gasteiger partial charge in [0.1, 0.15) is 0 Å². The summed E-state index contributed by atoms with van der Waals surface area (Å²) in [5, 5.41) is 10.7. The number of hydrogen-bond donors (Lipinski definition) is 0. The van der Waals surface area contributed by atoms with Crippen molar-refractivity contribution in [2.45, 2.75) is 26.7 Å². The Bertz CT molecular complexity index is 1280. The van der Waals surface area contributed by atoms with E-state index in [1.807, 2.05) is 0 Å². The number of hydrogen-bond acceptors (Lipinski definition) is 0. The first-order valence-corrected chi connectivity index (χ1v) is 9.57. The highest BCUT2D eigenvalue weighted by molar-refractivity contribution is 6.08. The van der Waals surface area contributed by atoms with Crippen LogP contribution in [0.15, 0.2) is 72.8 Å². The average molecular weight is 334 g/mol. The highest BCUT2D eigenvalue weighted by Crippen LogP contribution is 2.31. The van der Waals surface area contributed by atoms with Crippen molar-refractivity contribution in [3.05, 3.63) is 83.9 Å². The normalized spacial score (nSPS) is 11.8. The van der Waals surface area contributed by atoms with Crippen molar-refractivity contribution in [2.24, 2.45) is 0 Å². The summed E-state index contributed by atoms with van der Waals surface area (Å²) in [5.74, 6) is 0. The third kappa shape index (κ3) is 2.37. The van der Waals surface area contributed by atoms with Gasteiger partial charge < -0.3 is 0 Å². The molecule has 0 spiro atoms. The van der Waals surface area contributed by atoms with E-state index in [1.165, 1.54) is 54.2 Å². The molecule has 0 radical (unpaired) electrons. The van der Waals surface area contributed by atoms with Crippen LogP contribution in [-0.2, 0) is 12.8 Å². The third-order valence-electron chi connectivity index (χ3n) is 5.69. The molecule has 0 bridgehead atoms. The Morgan fingerprint density at radius 2 is 1.12 bits per heavy atom. The topological polar surface area (TPSA) is 0 Å². The van der Waals surface area contributed by atoms with E-state index in [4.69, 9.17) is 0 Å². The molecule has 0 aliphatic carbocycles. The minimum atomic E-state index is 1.07. The molecule has 0 heteroatoms. The first kappa shape index (κ1) is 15.4. The Morgan fingerprint density at radius 1 is 0.500 bits per heavy atom. The van der Waals surface area contributed by atoms with Gasteiger partial charge in [-0.2, -0.15) is 0 Å². The van der Waals surface area contributed by atoms with Crippen LogP contribution in [0.25, 0.3) is 43.1 Å². The van der Waals surface area contributed by atoms with Crippen molar-refractivity contribution >= 4 is 43.1 Å². The van der Waals surface area contributed by atoms with Crippen LogP contribution >= 0.6 is 0 Å². The Kier molecular flexibility index (Phi) is 3.46. The van der Waals surface area contributed by atoms with E-state index in [0.29, 0.717) is 0 Å². The summed E-state index contributed by atoms with van der Waals surface area (Å²) in [4.78, 5) is 0. The molecule has 26 heavy (non-hydrogen) atoms. The van der Waals surface area contributed by atoms with Gasteiger partial charge in [0.25, 0.3) is 0 Å². The van der Waals surface area contributed by atoms with E-state index in [9.17, 15) is 0 Å². The van der Waals surface area contributed by atoms with E-state index in [0.717, 1.165) is 12.8 Å². The SMILES string of the molecule is CCc1ccc2cc3cc4cc5c(CC)cccc5cc4cc3cc2c1. The van der Waals surface area contributed by atoms with Crippen LogP contribution < -0.4 is 0 Å². The van der Waals surface area contributed by atoms with Crippen LogP contribution in [0, 0.1) is 0 Å². The maximum Gasteiger partial charge on any atom is -0.0146 e. The van der Waals surface area contributed by atoms with Crippen LogP contribution in [0.1, 0.15) is 25.0 Å². The molecule has 0 saturated heterocycles. The van der Waals surface area contributed by atoms with Crippen molar-refractivity contribution in [3.8, 4) is 0 Å². The molecule has 5 aromatic carbocycles. The first-order chi connectivity index (χ1) is 12.7. The summed E-state index contributed by atoms with van der Waals surface area (Å²) in [5.41, 5.74) is 2.82. The molecule has 0 N–H and O–H groups in total. The van der Waals surface area contributed by atoms with Gasteiger partial charge in [-0.1, -0.05) is 50.2 Å². The predicted molar refractivity (Wildman–Crippen MR) is 115 cm³/mol. The molecule has 0 amide bonds. The molecule has 5 rings (SSSR count). The van der Waals surface area contributed by atoms with Gasteiger partial charge in [0.2, 0.25) is 0 Å². The molecule has 0 fully saturated rings. The summed E-state index contributed by atoms with van der Waals surface area (Å²) >= 11 is 0. The average Bonchev–Trinajstić information content (AvgIpc) is 2.68. The molecular formula is C26H22. The number of aryl methyl sites for hydroxylation is 2. The van der Waals surface area contributed by atoms with Gasteiger partial charge in [-0.3, -0.25) is 0 Å². The summed E-state index contributed by atoms with van der Waals surface area (Å²) < 4.78 is 0. The quantitative estimate of drug-likeness (QED) is 0.295. The van der Waals surface area contributed by atoms with Crippen molar-refractivity contribution in [1.82, 2.24) is 0 Å². The summed E-state index contributed by atoms with van der Waals surface area (Å²) in [6.07, 6.45) is 2.15. The van der Waals surface area contributed by atoms with Crippen LogP contribution in [0.3, 0.4) is 0 Å². The van der Waals surface area contributed by atoms with Gasteiger partial charge in [-0.05, 0) is 103 Å². The maximum absolute atomic E-state index is 2.37. The van der Waals surface area contributed by atoms with Gasteiger partial charge in [0, 0.05) is 0 Å². The zero-order valence-electron chi connectivity index (χ0n) is 15.3. The Labute approximate surface area is 154 Å². The van der Waals surface area contributed by atoms with Gasteiger partial charge >= 0.3 is 0 Å². The summed E-state index contributed by atoms with van der Waals surface area (Å²) in [7, 11) is 0. The van der Waals surface area contributed by atoms with E-state index in [1.54, 1.807) is 0 Å². The molecule has 5 aromatic rings. The fourth-order valence-corrected chi connectivity index (χ4v) is 4.17. The minimum Gasteiger partial charge on any atom is -0.0614 e. The van der Waals surface area contributed by atoms with E-state index in [2.05, 4.69) is 86.6 Å². The minimum absolute atomic E-state index is 1.07. The molecule has 0 unspecified atom stereocenters. The fourth-order valence-electron chi connectivity index (χ4n) is 4.17. The molecule has 0 heterocycles. The standard InChI is InChI=1S/C26H22/c1-3-17-8-9-19-11-22-15-25-16-26-18(4-2)6-5-7-20(26)12-23(25)14-24(22)13-21(19)10-17/h5-16H,3-4H2,1-2H3. The molecular weight excluding hydrogens is 312 g/mol. The summed E-state index contributed by atoms with van der Waals surface area (Å²) in [6, 6.07) is 27.6. The molecule has 0 nitrogen and oxygen atoms in total. The van der Waals surface area contributed by atoms with Gasteiger partial charge in [0.05, 0.1) is 0 Å². The predicted octanol–water partition coefficient (Wildman–Crippen LogP) is 7.42. The van der Waals surface area contributed by atoms with Crippen molar-refractivity contribution in [2.75, 3.05) is 0 Å². The van der Waals surface area contributed by atoms with Crippen molar-refractivity contribution in [1.29, 1.82) is 0 Å².